The Balaban J connectivity index is 1.12. The molecule has 254 valence electrons. The average molecular weight is 690 g/mol. The Morgan fingerprint density at radius 1 is 0.315 bits per heavy atom. The summed E-state index contributed by atoms with van der Waals surface area (Å²) in [5.41, 5.74) is 14.5. The highest BCUT2D eigenvalue weighted by Gasteiger charge is 2.21. The summed E-state index contributed by atoms with van der Waals surface area (Å²) >= 11 is 0. The molecule has 0 bridgehead atoms. The van der Waals surface area contributed by atoms with Crippen molar-refractivity contribution in [2.75, 3.05) is 4.90 Å². The van der Waals surface area contributed by atoms with Crippen LogP contribution in [-0.4, -0.2) is 0 Å². The van der Waals surface area contributed by atoms with Gasteiger partial charge in [0.25, 0.3) is 0 Å². The molecule has 0 N–H and O–H groups in total. The molecule has 0 spiro atoms. The molecule has 0 aliphatic carbocycles. The zero-order valence-corrected chi connectivity index (χ0v) is 29.6. The Kier molecular flexibility index (Phi) is 7.85. The minimum absolute atomic E-state index is 0.897. The third-order valence-electron chi connectivity index (χ3n) is 10.5. The van der Waals surface area contributed by atoms with Gasteiger partial charge in [-0.2, -0.15) is 0 Å². The predicted molar refractivity (Wildman–Crippen MR) is 228 cm³/mol. The standard InChI is InChI=1S/C52H35NO/c1-3-14-36(15-4-1)37-26-28-40(29-27-37)44-20-10-12-24-49(44)53(48-23-11-9-19-43(48)38-16-5-2-6-17-38)42-33-30-41(31-34-42)45-22-13-25-50-51(45)47-35-32-39-18-7-8-21-46(39)52(47)54-50/h1-35H. The normalized spacial score (nSPS) is 11.3. The van der Waals surface area contributed by atoms with E-state index in [0.29, 0.717) is 0 Å². The van der Waals surface area contributed by atoms with E-state index in [1.165, 1.54) is 27.6 Å². The van der Waals surface area contributed by atoms with Gasteiger partial charge in [0.1, 0.15) is 11.2 Å². The van der Waals surface area contributed by atoms with E-state index in [1.807, 2.05) is 0 Å². The number of nitrogens with zero attached hydrogens (tertiary/aromatic N) is 1. The van der Waals surface area contributed by atoms with Crippen LogP contribution in [0.3, 0.4) is 0 Å². The number of benzene rings is 9. The Hall–Kier alpha value is -7.16. The lowest BCUT2D eigenvalue weighted by molar-refractivity contribution is 0.673. The van der Waals surface area contributed by atoms with Crippen LogP contribution in [0.15, 0.2) is 217 Å². The minimum Gasteiger partial charge on any atom is -0.455 e. The highest BCUT2D eigenvalue weighted by Crippen LogP contribution is 2.46. The molecule has 10 rings (SSSR count). The predicted octanol–water partition coefficient (Wildman–Crippen LogP) is 14.9. The van der Waals surface area contributed by atoms with Gasteiger partial charge in [-0.3, -0.25) is 0 Å². The molecule has 0 amide bonds. The van der Waals surface area contributed by atoms with Crippen LogP contribution in [-0.2, 0) is 0 Å². The maximum Gasteiger partial charge on any atom is 0.143 e. The summed E-state index contributed by atoms with van der Waals surface area (Å²) in [6.07, 6.45) is 0. The Morgan fingerprint density at radius 3 is 1.52 bits per heavy atom. The first-order valence-electron chi connectivity index (χ1n) is 18.4. The number of furan rings is 1. The van der Waals surface area contributed by atoms with Gasteiger partial charge in [0, 0.05) is 33.0 Å². The average Bonchev–Trinajstić information content (AvgIpc) is 3.65. The molecule has 0 aliphatic rings. The minimum atomic E-state index is 0.897. The second-order valence-corrected chi connectivity index (χ2v) is 13.7. The molecular formula is C52H35NO. The summed E-state index contributed by atoms with van der Waals surface area (Å²) in [7, 11) is 0. The van der Waals surface area contributed by atoms with Crippen LogP contribution in [0.25, 0.3) is 77.2 Å². The molecule has 0 atom stereocenters. The van der Waals surface area contributed by atoms with Gasteiger partial charge in [0.2, 0.25) is 0 Å². The summed E-state index contributed by atoms with van der Waals surface area (Å²) in [5, 5.41) is 4.59. The quantitative estimate of drug-likeness (QED) is 0.166. The van der Waals surface area contributed by atoms with Gasteiger partial charge in [0.15, 0.2) is 0 Å². The fraction of sp³-hybridized carbons (Fsp3) is 0. The highest BCUT2D eigenvalue weighted by molar-refractivity contribution is 6.19. The van der Waals surface area contributed by atoms with Crippen LogP contribution >= 0.6 is 0 Å². The van der Waals surface area contributed by atoms with Crippen molar-refractivity contribution in [2.45, 2.75) is 0 Å². The highest BCUT2D eigenvalue weighted by atomic mass is 16.3. The molecule has 2 heteroatoms. The van der Waals surface area contributed by atoms with E-state index in [-0.39, 0.29) is 0 Å². The van der Waals surface area contributed by atoms with Gasteiger partial charge in [0.05, 0.1) is 11.4 Å². The lowest BCUT2D eigenvalue weighted by atomic mass is 9.96. The largest absolute Gasteiger partial charge is 0.455 e. The molecule has 0 aliphatic heterocycles. The molecule has 10 aromatic rings. The van der Waals surface area contributed by atoms with E-state index in [0.717, 1.165) is 66.6 Å². The Bertz CT molecular complexity index is 2910. The smallest absolute Gasteiger partial charge is 0.143 e. The fourth-order valence-electron chi connectivity index (χ4n) is 7.91. The monoisotopic (exact) mass is 689 g/mol. The van der Waals surface area contributed by atoms with Gasteiger partial charge in [-0.05, 0) is 75.2 Å². The lowest BCUT2D eigenvalue weighted by Gasteiger charge is -2.30. The number of para-hydroxylation sites is 2. The van der Waals surface area contributed by atoms with E-state index < -0.39 is 0 Å². The summed E-state index contributed by atoms with van der Waals surface area (Å²) in [6, 6.07) is 75.8. The van der Waals surface area contributed by atoms with E-state index in [4.69, 9.17) is 4.42 Å². The van der Waals surface area contributed by atoms with Gasteiger partial charge < -0.3 is 9.32 Å². The van der Waals surface area contributed by atoms with Crippen molar-refractivity contribution < 1.29 is 4.42 Å². The van der Waals surface area contributed by atoms with E-state index in [2.05, 4.69) is 217 Å². The third kappa shape index (κ3) is 5.53. The van der Waals surface area contributed by atoms with Crippen LogP contribution in [0.1, 0.15) is 0 Å². The molecule has 0 radical (unpaired) electrons. The molecule has 0 saturated heterocycles. The molecule has 1 heterocycles. The third-order valence-corrected chi connectivity index (χ3v) is 10.5. The number of hydrogen-bond donors (Lipinski definition) is 0. The van der Waals surface area contributed by atoms with Crippen molar-refractivity contribution in [3.63, 3.8) is 0 Å². The topological polar surface area (TPSA) is 16.4 Å². The number of rotatable bonds is 7. The Labute approximate surface area is 314 Å². The van der Waals surface area contributed by atoms with Gasteiger partial charge >= 0.3 is 0 Å². The van der Waals surface area contributed by atoms with Crippen molar-refractivity contribution in [3.8, 4) is 44.5 Å². The summed E-state index contributed by atoms with van der Waals surface area (Å²) in [5.74, 6) is 0. The molecule has 0 unspecified atom stereocenters. The fourth-order valence-corrected chi connectivity index (χ4v) is 7.91. The SMILES string of the molecule is c1ccc(-c2ccc(-c3ccccc3N(c3ccc(-c4cccc5oc6c7ccccc7ccc6c45)cc3)c3ccccc3-c3ccccc3)cc2)cc1. The van der Waals surface area contributed by atoms with Crippen LogP contribution in [0, 0.1) is 0 Å². The molecule has 1 aromatic heterocycles. The van der Waals surface area contributed by atoms with Crippen LogP contribution in [0.2, 0.25) is 0 Å². The van der Waals surface area contributed by atoms with E-state index in [9.17, 15) is 0 Å². The summed E-state index contributed by atoms with van der Waals surface area (Å²) in [6.45, 7) is 0. The first-order valence-corrected chi connectivity index (χ1v) is 18.4. The van der Waals surface area contributed by atoms with Gasteiger partial charge in [-0.25, -0.2) is 0 Å². The van der Waals surface area contributed by atoms with Crippen LogP contribution in [0.4, 0.5) is 17.1 Å². The van der Waals surface area contributed by atoms with Crippen molar-refractivity contribution in [2.24, 2.45) is 0 Å². The summed E-state index contributed by atoms with van der Waals surface area (Å²) in [4.78, 5) is 2.41. The van der Waals surface area contributed by atoms with Gasteiger partial charge in [-0.1, -0.05) is 176 Å². The van der Waals surface area contributed by atoms with Crippen LogP contribution in [0.5, 0.6) is 0 Å². The Morgan fingerprint density at radius 2 is 0.815 bits per heavy atom. The van der Waals surface area contributed by atoms with E-state index >= 15 is 0 Å². The molecular weight excluding hydrogens is 655 g/mol. The van der Waals surface area contributed by atoms with E-state index in [1.54, 1.807) is 0 Å². The van der Waals surface area contributed by atoms with Crippen molar-refractivity contribution in [1.29, 1.82) is 0 Å². The zero-order valence-electron chi connectivity index (χ0n) is 29.6. The molecule has 0 fully saturated rings. The number of hydrogen-bond acceptors (Lipinski definition) is 2. The van der Waals surface area contributed by atoms with Crippen LogP contribution < -0.4 is 4.90 Å². The lowest BCUT2D eigenvalue weighted by Crippen LogP contribution is -2.12. The van der Waals surface area contributed by atoms with Crippen molar-refractivity contribution in [1.82, 2.24) is 0 Å². The molecule has 0 saturated carbocycles. The van der Waals surface area contributed by atoms with Crippen molar-refractivity contribution >= 4 is 49.8 Å². The zero-order chi connectivity index (χ0) is 35.8. The summed E-state index contributed by atoms with van der Waals surface area (Å²) < 4.78 is 6.54. The first kappa shape index (κ1) is 31.6. The van der Waals surface area contributed by atoms with Crippen molar-refractivity contribution in [3.05, 3.63) is 212 Å². The number of anilines is 3. The second-order valence-electron chi connectivity index (χ2n) is 13.7. The molecule has 9 aromatic carbocycles. The molecule has 2 nitrogen and oxygen atoms in total. The first-order chi connectivity index (χ1) is 26.8. The number of fused-ring (bicyclic) bond motifs is 5. The maximum atomic E-state index is 6.54. The van der Waals surface area contributed by atoms with Gasteiger partial charge in [-0.15, -0.1) is 0 Å². The molecule has 54 heavy (non-hydrogen) atoms. The second kappa shape index (κ2) is 13.4. The maximum absolute atomic E-state index is 6.54.